The lowest BCUT2D eigenvalue weighted by atomic mass is 9.34. The van der Waals surface area contributed by atoms with E-state index >= 15 is 0 Å². The molecular formula is C84H48B2N4O4. The van der Waals surface area contributed by atoms with Gasteiger partial charge in [0.15, 0.2) is 0 Å². The first-order valence-electron chi connectivity index (χ1n) is 32.2. The van der Waals surface area contributed by atoms with Gasteiger partial charge in [0.2, 0.25) is 0 Å². The van der Waals surface area contributed by atoms with Crippen LogP contribution in [0.5, 0.6) is 46.0 Å². The number of benzene rings is 14. The van der Waals surface area contributed by atoms with E-state index in [0.29, 0.717) is 23.0 Å². The zero-order valence-electron chi connectivity index (χ0n) is 50.3. The van der Waals surface area contributed by atoms with Crippen molar-refractivity contribution in [1.82, 2.24) is 18.3 Å². The molecule has 10 heteroatoms. The Morgan fingerprint density at radius 3 is 0.819 bits per heavy atom. The monoisotopic (exact) mass is 1200 g/mol. The van der Waals surface area contributed by atoms with E-state index in [1.54, 1.807) is 0 Å². The summed E-state index contributed by atoms with van der Waals surface area (Å²) in [5.41, 5.74) is 20.1. The minimum atomic E-state index is -0.267. The summed E-state index contributed by atoms with van der Waals surface area (Å²) < 4.78 is 40.7. The summed E-state index contributed by atoms with van der Waals surface area (Å²) >= 11 is 0. The molecule has 434 valence electrons. The van der Waals surface area contributed by atoms with Crippen LogP contribution in [0.4, 0.5) is 0 Å². The molecule has 18 aromatic rings. The Morgan fingerprint density at radius 2 is 0.479 bits per heavy atom. The molecule has 8 heterocycles. The van der Waals surface area contributed by atoms with Gasteiger partial charge in [-0.2, -0.15) is 0 Å². The van der Waals surface area contributed by atoms with Crippen LogP contribution in [0.2, 0.25) is 0 Å². The zero-order chi connectivity index (χ0) is 61.0. The highest BCUT2D eigenvalue weighted by Crippen LogP contribution is 2.55. The van der Waals surface area contributed by atoms with Crippen LogP contribution in [-0.4, -0.2) is 31.7 Å². The van der Waals surface area contributed by atoms with Gasteiger partial charge in [0.05, 0.1) is 78.0 Å². The Morgan fingerprint density at radius 1 is 0.213 bits per heavy atom. The van der Waals surface area contributed by atoms with Gasteiger partial charge < -0.3 is 37.2 Å². The summed E-state index contributed by atoms with van der Waals surface area (Å²) in [6, 6.07) is 105. The van der Waals surface area contributed by atoms with Crippen LogP contribution >= 0.6 is 0 Å². The van der Waals surface area contributed by atoms with Gasteiger partial charge in [-0.25, -0.2) is 0 Å². The summed E-state index contributed by atoms with van der Waals surface area (Å²) in [4.78, 5) is 0. The van der Waals surface area contributed by atoms with E-state index in [4.69, 9.17) is 18.9 Å². The number of fused-ring (bicyclic) bond motifs is 20. The molecule has 0 radical (unpaired) electrons. The molecule has 0 atom stereocenters. The molecule has 0 N–H and O–H groups in total. The maximum absolute atomic E-state index is 7.95. The van der Waals surface area contributed by atoms with Crippen LogP contribution in [0.15, 0.2) is 291 Å². The van der Waals surface area contributed by atoms with Crippen LogP contribution in [0, 0.1) is 0 Å². The fourth-order valence-corrected chi connectivity index (χ4v) is 16.9. The summed E-state index contributed by atoms with van der Waals surface area (Å²) in [7, 11) is 0. The average molecular weight is 1200 g/mol. The molecule has 8 nitrogen and oxygen atoms in total. The minimum Gasteiger partial charge on any atom is -0.458 e. The predicted octanol–water partition coefficient (Wildman–Crippen LogP) is 17.2. The smallest absolute Gasteiger partial charge is 0.260 e. The van der Waals surface area contributed by atoms with Crippen molar-refractivity contribution in [3.63, 3.8) is 0 Å². The third-order valence-electron chi connectivity index (χ3n) is 20.6. The first-order valence-corrected chi connectivity index (χ1v) is 32.2. The molecule has 0 fully saturated rings. The Balaban J connectivity index is 0.972. The van der Waals surface area contributed by atoms with Gasteiger partial charge in [-0.05, 0) is 94.6 Å². The van der Waals surface area contributed by atoms with Gasteiger partial charge in [0, 0.05) is 66.1 Å². The first kappa shape index (κ1) is 50.4. The van der Waals surface area contributed by atoms with Crippen LogP contribution in [0.3, 0.4) is 0 Å². The molecule has 4 aliphatic rings. The highest BCUT2D eigenvalue weighted by Gasteiger charge is 2.47. The average Bonchev–Trinajstić information content (AvgIpc) is 1.26. The molecule has 0 bridgehead atoms. The van der Waals surface area contributed by atoms with Crippen molar-refractivity contribution in [3.05, 3.63) is 291 Å². The summed E-state index contributed by atoms with van der Waals surface area (Å²) in [6.45, 7) is -0.535. The number of ether oxygens (including phenoxy) is 4. The number of para-hydroxylation sites is 12. The maximum Gasteiger partial charge on any atom is 0.260 e. The van der Waals surface area contributed by atoms with Crippen LogP contribution < -0.4 is 51.7 Å². The topological polar surface area (TPSA) is 56.6 Å². The molecule has 0 amide bonds. The molecule has 0 unspecified atom stereocenters. The van der Waals surface area contributed by atoms with Crippen molar-refractivity contribution in [2.24, 2.45) is 0 Å². The Kier molecular flexibility index (Phi) is 9.98. The van der Waals surface area contributed by atoms with E-state index in [1.165, 1.54) is 21.5 Å². The lowest BCUT2D eigenvalue weighted by Gasteiger charge is -2.38. The lowest BCUT2D eigenvalue weighted by Crippen LogP contribution is -2.58. The second-order valence-corrected chi connectivity index (χ2v) is 25.2. The van der Waals surface area contributed by atoms with E-state index in [9.17, 15) is 0 Å². The van der Waals surface area contributed by atoms with Crippen molar-refractivity contribution >= 4 is 133 Å². The summed E-state index contributed by atoms with van der Waals surface area (Å²) in [5.74, 6) is 5.95. The number of nitrogens with zero attached hydrogens (tertiary/aromatic N) is 4. The fraction of sp³-hybridized carbons (Fsp3) is 0. The standard InChI is InChI=1S/C84H48B2N4O4/c1-11-35-61-49(23-1)50-24-2-12-36-62(50)87(61)67-41-21-29-55-53-27-5-15-39-65(53)89(81(55)67)69-47-75-79-83(93-73-45-19-9-33-59(73)85(79)57-31-7-17-43-71(57)91-75)77(69)78-70(48-76-80-84(78)94-74-46-20-10-34-60(74)86(80)58-32-8-18-44-72(58)92-76)90-66-40-16-6-28-54(66)56-30-22-42-68(82(56)90)88-63-37-13-3-25-51(63)52-26-4-14-38-64(52)88/h1-48H. The van der Waals surface area contributed by atoms with Crippen molar-refractivity contribution in [3.8, 4) is 79.9 Å². The predicted molar refractivity (Wildman–Crippen MR) is 385 cm³/mol. The number of hydrogen-bond donors (Lipinski definition) is 0. The van der Waals surface area contributed by atoms with E-state index in [1.807, 2.05) is 0 Å². The van der Waals surface area contributed by atoms with Gasteiger partial charge in [-0.3, -0.25) is 0 Å². The van der Waals surface area contributed by atoms with E-state index in [0.717, 1.165) is 155 Å². The van der Waals surface area contributed by atoms with Crippen LogP contribution in [0.1, 0.15) is 0 Å². The van der Waals surface area contributed by atoms with Crippen LogP contribution in [-0.2, 0) is 0 Å². The van der Waals surface area contributed by atoms with Gasteiger partial charge in [0.25, 0.3) is 13.4 Å². The largest absolute Gasteiger partial charge is 0.458 e. The second kappa shape index (κ2) is 18.6. The summed E-state index contributed by atoms with van der Waals surface area (Å²) in [6.07, 6.45) is 0. The fourth-order valence-electron chi connectivity index (χ4n) is 16.9. The molecular weight excluding hydrogens is 1150 g/mol. The molecule has 0 aliphatic carbocycles. The highest BCUT2D eigenvalue weighted by molar-refractivity contribution is 6.99. The van der Waals surface area contributed by atoms with Crippen molar-refractivity contribution in [2.45, 2.75) is 0 Å². The SMILES string of the molecule is c1ccc2c(c1)Oc1cc(-n3c4ccccc4c4cccc(-n5c6ccccc6c6ccccc65)c43)c(-c3c(-n4c5ccccc5c5cccc(-n6c7ccccc7c7ccccc76)c54)cc4c5c3Oc3ccccc3B5c3ccccc3O4)c3c1B2c1ccccc1O3. The van der Waals surface area contributed by atoms with Crippen molar-refractivity contribution in [2.75, 3.05) is 0 Å². The molecule has 4 aliphatic heterocycles. The Labute approximate surface area is 538 Å². The van der Waals surface area contributed by atoms with Crippen molar-refractivity contribution in [1.29, 1.82) is 0 Å². The van der Waals surface area contributed by atoms with Gasteiger partial charge in [-0.1, -0.05) is 206 Å². The van der Waals surface area contributed by atoms with Crippen molar-refractivity contribution < 1.29 is 18.9 Å². The molecule has 94 heavy (non-hydrogen) atoms. The molecule has 4 aromatic heterocycles. The number of aromatic nitrogens is 4. The minimum absolute atomic E-state index is 0.267. The highest BCUT2D eigenvalue weighted by atomic mass is 16.5. The Bertz CT molecular complexity index is 5910. The normalized spacial score (nSPS) is 13.2. The van der Waals surface area contributed by atoms with E-state index in [-0.39, 0.29) is 13.4 Å². The zero-order valence-corrected chi connectivity index (χ0v) is 50.3. The van der Waals surface area contributed by atoms with E-state index in [2.05, 4.69) is 309 Å². The van der Waals surface area contributed by atoms with Crippen LogP contribution in [0.25, 0.3) is 121 Å². The lowest BCUT2D eigenvalue weighted by molar-refractivity contribution is 0.460. The van der Waals surface area contributed by atoms with Gasteiger partial charge >= 0.3 is 0 Å². The first-order chi connectivity index (χ1) is 46.7. The van der Waals surface area contributed by atoms with E-state index < -0.39 is 0 Å². The summed E-state index contributed by atoms with van der Waals surface area (Å²) in [5, 5.41) is 9.14. The molecule has 22 rings (SSSR count). The number of hydrogen-bond acceptors (Lipinski definition) is 4. The second-order valence-electron chi connectivity index (χ2n) is 25.2. The third kappa shape index (κ3) is 6.57. The third-order valence-corrected chi connectivity index (χ3v) is 20.6. The van der Waals surface area contributed by atoms with Gasteiger partial charge in [0.1, 0.15) is 46.0 Å². The van der Waals surface area contributed by atoms with Gasteiger partial charge in [-0.15, -0.1) is 0 Å². The quantitative estimate of drug-likeness (QED) is 0.161. The molecule has 14 aromatic carbocycles. The maximum atomic E-state index is 7.95. The number of rotatable bonds is 5. The Hall–Kier alpha value is -12.4. The molecule has 0 saturated heterocycles. The molecule has 0 saturated carbocycles. The molecule has 0 spiro atoms.